The van der Waals surface area contributed by atoms with Crippen LogP contribution in [0.4, 0.5) is 4.39 Å². The van der Waals surface area contributed by atoms with Crippen molar-refractivity contribution >= 4 is 16.0 Å². The van der Waals surface area contributed by atoms with Gasteiger partial charge in [0.15, 0.2) is 0 Å². The molecule has 116 valence electrons. The third kappa shape index (κ3) is 3.38. The van der Waals surface area contributed by atoms with Crippen LogP contribution in [0.3, 0.4) is 0 Å². The number of nitrogens with zero attached hydrogens (tertiary/aromatic N) is 1. The van der Waals surface area contributed by atoms with Gasteiger partial charge in [-0.2, -0.15) is 4.72 Å². The first kappa shape index (κ1) is 15.8. The molecule has 0 aliphatic heterocycles. The Morgan fingerprint density at radius 3 is 2.81 bits per heavy atom. The van der Waals surface area contributed by atoms with E-state index in [1.165, 1.54) is 0 Å². The minimum atomic E-state index is -4.14. The van der Waals surface area contributed by atoms with E-state index in [0.29, 0.717) is 6.42 Å². The molecule has 1 aromatic heterocycles. The van der Waals surface area contributed by atoms with Gasteiger partial charge in [-0.15, -0.1) is 0 Å². The first-order valence-corrected chi connectivity index (χ1v) is 8.11. The van der Waals surface area contributed by atoms with E-state index in [4.69, 9.17) is 0 Å². The maximum Gasteiger partial charge on any atom is 0.324 e. The molecule has 0 amide bonds. The smallest absolute Gasteiger partial charge is 0.324 e. The molecule has 2 N–H and O–H groups in total. The zero-order valence-corrected chi connectivity index (χ0v) is 12.4. The summed E-state index contributed by atoms with van der Waals surface area (Å²) in [6.07, 6.45) is 3.79. The summed E-state index contributed by atoms with van der Waals surface area (Å²) < 4.78 is 39.9. The van der Waals surface area contributed by atoms with Crippen LogP contribution in [0.5, 0.6) is 0 Å². The lowest BCUT2D eigenvalue weighted by Gasteiger charge is -2.36. The van der Waals surface area contributed by atoms with Crippen molar-refractivity contribution in [2.75, 3.05) is 0 Å². The van der Waals surface area contributed by atoms with Crippen LogP contribution in [0.2, 0.25) is 0 Å². The van der Waals surface area contributed by atoms with E-state index >= 15 is 0 Å². The molecule has 2 rings (SSSR count). The SMILES string of the molecule is CC1CCCC(NS(=O)(=O)c2cncc(F)c2)(C(=O)O)C1. The molecule has 6 nitrogen and oxygen atoms in total. The predicted octanol–water partition coefficient (Wildman–Crippen LogP) is 1.53. The highest BCUT2D eigenvalue weighted by molar-refractivity contribution is 7.89. The van der Waals surface area contributed by atoms with E-state index in [9.17, 15) is 22.7 Å². The summed E-state index contributed by atoms with van der Waals surface area (Å²) in [4.78, 5) is 14.7. The number of nitrogens with one attached hydrogen (secondary N) is 1. The molecule has 2 atom stereocenters. The molecule has 1 aliphatic carbocycles. The number of carbonyl (C=O) groups is 1. The van der Waals surface area contributed by atoms with Crippen LogP contribution >= 0.6 is 0 Å². The standard InChI is InChI=1S/C13H17FN2O4S/c1-9-3-2-4-13(6-9,12(17)18)16-21(19,20)11-5-10(14)7-15-8-11/h5,7-9,16H,2-4,6H2,1H3,(H,17,18). The number of carboxylic acid groups (broad SMARTS) is 1. The highest BCUT2D eigenvalue weighted by atomic mass is 32.2. The molecule has 21 heavy (non-hydrogen) atoms. The summed E-state index contributed by atoms with van der Waals surface area (Å²) in [6.45, 7) is 1.88. The van der Waals surface area contributed by atoms with E-state index in [2.05, 4.69) is 9.71 Å². The van der Waals surface area contributed by atoms with Gasteiger partial charge in [0.1, 0.15) is 16.3 Å². The van der Waals surface area contributed by atoms with Crippen LogP contribution in [0.1, 0.15) is 32.6 Å². The van der Waals surface area contributed by atoms with Crippen molar-refractivity contribution in [1.29, 1.82) is 0 Å². The molecule has 2 unspecified atom stereocenters. The van der Waals surface area contributed by atoms with E-state index < -0.39 is 27.3 Å². The fourth-order valence-corrected chi connectivity index (χ4v) is 4.11. The van der Waals surface area contributed by atoms with E-state index in [0.717, 1.165) is 24.9 Å². The summed E-state index contributed by atoms with van der Waals surface area (Å²) >= 11 is 0. The molecular formula is C13H17FN2O4S. The van der Waals surface area contributed by atoms with Gasteiger partial charge >= 0.3 is 5.97 Å². The van der Waals surface area contributed by atoms with Crippen LogP contribution in [0.15, 0.2) is 23.4 Å². The van der Waals surface area contributed by atoms with Gasteiger partial charge in [-0.05, 0) is 24.8 Å². The average Bonchev–Trinajstić information content (AvgIpc) is 2.38. The summed E-state index contributed by atoms with van der Waals surface area (Å²) in [5, 5.41) is 9.45. The second-order valence-electron chi connectivity index (χ2n) is 5.53. The monoisotopic (exact) mass is 316 g/mol. The van der Waals surface area contributed by atoms with E-state index in [-0.39, 0.29) is 23.7 Å². The Morgan fingerprint density at radius 2 is 2.24 bits per heavy atom. The fourth-order valence-electron chi connectivity index (χ4n) is 2.74. The van der Waals surface area contributed by atoms with Gasteiger partial charge < -0.3 is 5.11 Å². The lowest BCUT2D eigenvalue weighted by Crippen LogP contribution is -2.56. The Hall–Kier alpha value is -1.54. The van der Waals surface area contributed by atoms with Crippen molar-refractivity contribution in [2.24, 2.45) is 5.92 Å². The lowest BCUT2D eigenvalue weighted by atomic mass is 9.77. The summed E-state index contributed by atoms with van der Waals surface area (Å²) in [5.74, 6) is -1.90. The summed E-state index contributed by atoms with van der Waals surface area (Å²) in [6, 6.07) is 0.817. The molecule has 1 aliphatic rings. The highest BCUT2D eigenvalue weighted by Crippen LogP contribution is 2.33. The van der Waals surface area contributed by atoms with Gasteiger partial charge in [-0.3, -0.25) is 9.78 Å². The van der Waals surface area contributed by atoms with Gasteiger partial charge in [0.2, 0.25) is 10.0 Å². The van der Waals surface area contributed by atoms with Crippen molar-refractivity contribution in [2.45, 2.75) is 43.0 Å². The summed E-state index contributed by atoms with van der Waals surface area (Å²) in [5.41, 5.74) is -1.54. The van der Waals surface area contributed by atoms with Crippen molar-refractivity contribution in [1.82, 2.24) is 9.71 Å². The Kier molecular flexibility index (Phi) is 4.29. The Morgan fingerprint density at radius 1 is 1.52 bits per heavy atom. The topological polar surface area (TPSA) is 96.4 Å². The van der Waals surface area contributed by atoms with Crippen molar-refractivity contribution in [3.8, 4) is 0 Å². The second kappa shape index (κ2) is 5.69. The van der Waals surface area contributed by atoms with Gasteiger partial charge in [-0.25, -0.2) is 12.8 Å². The van der Waals surface area contributed by atoms with Crippen molar-refractivity contribution in [3.63, 3.8) is 0 Å². The summed E-state index contributed by atoms with van der Waals surface area (Å²) in [7, 11) is -4.14. The molecular weight excluding hydrogens is 299 g/mol. The van der Waals surface area contributed by atoms with Gasteiger partial charge in [0.05, 0.1) is 6.20 Å². The number of hydrogen-bond donors (Lipinski definition) is 2. The number of sulfonamides is 1. The number of halogens is 1. The minimum absolute atomic E-state index is 0.100. The number of carboxylic acids is 1. The third-order valence-corrected chi connectivity index (χ3v) is 5.23. The zero-order valence-electron chi connectivity index (χ0n) is 11.5. The first-order valence-electron chi connectivity index (χ1n) is 6.63. The molecule has 8 heteroatoms. The molecule has 0 aromatic carbocycles. The largest absolute Gasteiger partial charge is 0.480 e. The Balaban J connectivity index is 2.34. The Labute approximate surface area is 122 Å². The number of hydrogen-bond acceptors (Lipinski definition) is 4. The highest BCUT2D eigenvalue weighted by Gasteiger charge is 2.45. The van der Waals surface area contributed by atoms with Gasteiger partial charge in [0, 0.05) is 6.20 Å². The second-order valence-corrected chi connectivity index (χ2v) is 7.22. The normalized spacial score (nSPS) is 26.5. The Bertz CT molecular complexity index is 649. The van der Waals surface area contributed by atoms with E-state index in [1.54, 1.807) is 0 Å². The average molecular weight is 316 g/mol. The van der Waals surface area contributed by atoms with Crippen LogP contribution in [0, 0.1) is 11.7 Å². The lowest BCUT2D eigenvalue weighted by molar-refractivity contribution is -0.146. The number of rotatable bonds is 4. The van der Waals surface area contributed by atoms with Crippen LogP contribution in [-0.4, -0.2) is 30.0 Å². The van der Waals surface area contributed by atoms with Gasteiger partial charge in [-0.1, -0.05) is 19.8 Å². The first-order chi connectivity index (χ1) is 9.75. The molecule has 0 spiro atoms. The van der Waals surface area contributed by atoms with Crippen molar-refractivity contribution < 1.29 is 22.7 Å². The fraction of sp³-hybridized carbons (Fsp3) is 0.538. The molecule has 1 aromatic rings. The van der Waals surface area contributed by atoms with Crippen molar-refractivity contribution in [3.05, 3.63) is 24.3 Å². The third-order valence-electron chi connectivity index (χ3n) is 3.73. The van der Waals surface area contributed by atoms with Crippen LogP contribution in [-0.2, 0) is 14.8 Å². The molecule has 1 fully saturated rings. The zero-order chi connectivity index (χ0) is 15.7. The number of aromatic nitrogens is 1. The molecule has 0 radical (unpaired) electrons. The maximum absolute atomic E-state index is 13.1. The van der Waals surface area contributed by atoms with Crippen LogP contribution in [0.25, 0.3) is 0 Å². The van der Waals surface area contributed by atoms with Crippen LogP contribution < -0.4 is 4.72 Å². The molecule has 0 bridgehead atoms. The number of aliphatic carboxylic acids is 1. The molecule has 1 saturated carbocycles. The minimum Gasteiger partial charge on any atom is -0.480 e. The number of pyridine rings is 1. The molecule has 1 heterocycles. The van der Waals surface area contributed by atoms with E-state index in [1.807, 2.05) is 6.92 Å². The van der Waals surface area contributed by atoms with Gasteiger partial charge in [0.25, 0.3) is 0 Å². The molecule has 0 saturated heterocycles. The maximum atomic E-state index is 13.1. The quantitative estimate of drug-likeness (QED) is 0.878. The predicted molar refractivity (Wildman–Crippen MR) is 72.5 cm³/mol.